The molecule has 0 saturated heterocycles. The van der Waals surface area contributed by atoms with Crippen LogP contribution in [0.2, 0.25) is 0 Å². The van der Waals surface area contributed by atoms with Gasteiger partial charge in [0, 0.05) is 6.54 Å². The second kappa shape index (κ2) is 5.34. The van der Waals surface area contributed by atoms with Crippen LogP contribution in [0.1, 0.15) is 32.1 Å². The average Bonchev–Trinajstić information content (AvgIpc) is 2.32. The lowest BCUT2D eigenvalue weighted by atomic mass is 9.85. The molecule has 94 valence electrons. The number of anilines is 1. The molecule has 5 nitrogen and oxygen atoms in total. The third-order valence-electron chi connectivity index (χ3n) is 3.17. The van der Waals surface area contributed by atoms with Crippen LogP contribution >= 0.6 is 22.6 Å². The van der Waals surface area contributed by atoms with Gasteiger partial charge in [0.2, 0.25) is 0 Å². The molecule has 17 heavy (non-hydrogen) atoms. The molecule has 0 aliphatic heterocycles. The van der Waals surface area contributed by atoms with Crippen molar-refractivity contribution in [3.05, 3.63) is 20.3 Å². The van der Waals surface area contributed by atoms with Gasteiger partial charge in [-0.3, -0.25) is 4.79 Å². The maximum absolute atomic E-state index is 11.4. The molecule has 1 fully saturated rings. The highest BCUT2D eigenvalue weighted by atomic mass is 127. The summed E-state index contributed by atoms with van der Waals surface area (Å²) in [5.41, 5.74) is -0.801. The molecule has 6 heteroatoms. The Morgan fingerprint density at radius 1 is 1.47 bits per heavy atom. The smallest absolute Gasteiger partial charge is 0.266 e. The molecule has 0 amide bonds. The van der Waals surface area contributed by atoms with Gasteiger partial charge in [-0.2, -0.15) is 0 Å². The number of hydrogen-bond donors (Lipinski definition) is 3. The van der Waals surface area contributed by atoms with Crippen molar-refractivity contribution in [2.24, 2.45) is 0 Å². The lowest BCUT2D eigenvalue weighted by molar-refractivity contribution is 0.0166. The second-order valence-electron chi connectivity index (χ2n) is 4.53. The molecule has 1 aromatic rings. The van der Waals surface area contributed by atoms with Gasteiger partial charge in [-0.05, 0) is 35.4 Å². The van der Waals surface area contributed by atoms with Crippen LogP contribution in [0.25, 0.3) is 0 Å². The van der Waals surface area contributed by atoms with Crippen molar-refractivity contribution < 1.29 is 5.11 Å². The van der Waals surface area contributed by atoms with Gasteiger partial charge in [-0.25, -0.2) is 4.98 Å². The molecular weight excluding hydrogens is 333 g/mol. The van der Waals surface area contributed by atoms with Gasteiger partial charge in [-0.15, -0.1) is 0 Å². The fourth-order valence-corrected chi connectivity index (χ4v) is 2.63. The average molecular weight is 349 g/mol. The fourth-order valence-electron chi connectivity index (χ4n) is 2.14. The third-order valence-corrected chi connectivity index (χ3v) is 4.17. The zero-order valence-electron chi connectivity index (χ0n) is 9.50. The van der Waals surface area contributed by atoms with Crippen LogP contribution in [-0.4, -0.2) is 27.2 Å². The van der Waals surface area contributed by atoms with Crippen LogP contribution in [0.3, 0.4) is 0 Å². The predicted octanol–water partition coefficient (Wildman–Crippen LogP) is 1.48. The molecule has 1 aliphatic rings. The summed E-state index contributed by atoms with van der Waals surface area (Å²) in [5.74, 6) is 0.549. The summed E-state index contributed by atoms with van der Waals surface area (Å²) in [6.07, 6.45) is 6.34. The number of H-pyrrole nitrogens is 1. The van der Waals surface area contributed by atoms with E-state index in [2.05, 4.69) is 15.3 Å². The minimum atomic E-state index is -0.647. The van der Waals surface area contributed by atoms with E-state index in [-0.39, 0.29) is 5.56 Å². The fraction of sp³-hybridized carbons (Fsp3) is 0.636. The summed E-state index contributed by atoms with van der Waals surface area (Å²) < 4.78 is 0.532. The highest BCUT2D eigenvalue weighted by Crippen LogP contribution is 2.28. The largest absolute Gasteiger partial charge is 0.388 e. The van der Waals surface area contributed by atoms with E-state index in [0.29, 0.717) is 15.9 Å². The van der Waals surface area contributed by atoms with Crippen LogP contribution < -0.4 is 10.9 Å². The van der Waals surface area contributed by atoms with E-state index in [9.17, 15) is 9.90 Å². The Morgan fingerprint density at radius 3 is 2.88 bits per heavy atom. The van der Waals surface area contributed by atoms with Crippen LogP contribution in [0.4, 0.5) is 5.82 Å². The Balaban J connectivity index is 2.02. The number of aromatic nitrogens is 2. The predicted molar refractivity (Wildman–Crippen MR) is 74.1 cm³/mol. The SMILES string of the molecule is O=c1[nH]cnc(NCC2(O)CCCCC2)c1I. The van der Waals surface area contributed by atoms with Crippen molar-refractivity contribution in [1.29, 1.82) is 0 Å². The van der Waals surface area contributed by atoms with E-state index in [1.165, 1.54) is 12.7 Å². The highest BCUT2D eigenvalue weighted by Gasteiger charge is 2.29. The standard InChI is InChI=1S/C11H16IN3O2/c12-8-9(14-7-15-10(8)16)13-6-11(17)4-2-1-3-5-11/h7,17H,1-6H2,(H2,13,14,15,16). The van der Waals surface area contributed by atoms with Gasteiger partial charge < -0.3 is 15.4 Å². The lowest BCUT2D eigenvalue weighted by Gasteiger charge is -2.32. The van der Waals surface area contributed by atoms with E-state index >= 15 is 0 Å². The first kappa shape index (κ1) is 12.8. The van der Waals surface area contributed by atoms with Gasteiger partial charge in [0.15, 0.2) is 0 Å². The highest BCUT2D eigenvalue weighted by molar-refractivity contribution is 14.1. The molecule has 1 aromatic heterocycles. The molecular formula is C11H16IN3O2. The molecule has 0 radical (unpaired) electrons. The van der Waals surface area contributed by atoms with Gasteiger partial charge >= 0.3 is 0 Å². The van der Waals surface area contributed by atoms with Gasteiger partial charge in [0.05, 0.1) is 11.9 Å². The molecule has 0 spiro atoms. The van der Waals surface area contributed by atoms with E-state index in [1.807, 2.05) is 22.6 Å². The molecule has 3 N–H and O–H groups in total. The monoisotopic (exact) mass is 349 g/mol. The Kier molecular flexibility index (Phi) is 4.03. The third kappa shape index (κ3) is 3.19. The van der Waals surface area contributed by atoms with Gasteiger partial charge in [0.25, 0.3) is 5.56 Å². The first-order chi connectivity index (χ1) is 8.11. The topological polar surface area (TPSA) is 78.0 Å². The molecule has 0 atom stereocenters. The Morgan fingerprint density at radius 2 is 2.18 bits per heavy atom. The number of aliphatic hydroxyl groups is 1. The lowest BCUT2D eigenvalue weighted by Crippen LogP contribution is -2.39. The Hall–Kier alpha value is -0.630. The van der Waals surface area contributed by atoms with Crippen molar-refractivity contribution in [3.8, 4) is 0 Å². The van der Waals surface area contributed by atoms with Crippen molar-refractivity contribution in [3.63, 3.8) is 0 Å². The van der Waals surface area contributed by atoms with Crippen LogP contribution in [-0.2, 0) is 0 Å². The molecule has 1 aliphatic carbocycles. The van der Waals surface area contributed by atoms with E-state index in [0.717, 1.165) is 25.7 Å². The van der Waals surface area contributed by atoms with E-state index in [1.54, 1.807) is 0 Å². The summed E-state index contributed by atoms with van der Waals surface area (Å²) in [4.78, 5) is 17.9. The van der Waals surface area contributed by atoms with Crippen LogP contribution in [0.5, 0.6) is 0 Å². The van der Waals surface area contributed by atoms with Crippen molar-refractivity contribution in [2.75, 3.05) is 11.9 Å². The van der Waals surface area contributed by atoms with Crippen LogP contribution in [0, 0.1) is 3.57 Å². The van der Waals surface area contributed by atoms with Crippen molar-refractivity contribution in [1.82, 2.24) is 9.97 Å². The van der Waals surface area contributed by atoms with Gasteiger partial charge in [0.1, 0.15) is 9.39 Å². The van der Waals surface area contributed by atoms with E-state index in [4.69, 9.17) is 0 Å². The van der Waals surface area contributed by atoms with Crippen LogP contribution in [0.15, 0.2) is 11.1 Å². The number of nitrogens with zero attached hydrogens (tertiary/aromatic N) is 1. The summed E-state index contributed by atoms with van der Waals surface area (Å²) in [6.45, 7) is 0.458. The Bertz CT molecular complexity index is 441. The molecule has 2 rings (SSSR count). The van der Waals surface area contributed by atoms with Crippen molar-refractivity contribution in [2.45, 2.75) is 37.7 Å². The molecule has 0 aromatic carbocycles. The number of rotatable bonds is 3. The first-order valence-electron chi connectivity index (χ1n) is 5.80. The quantitative estimate of drug-likeness (QED) is 0.723. The number of nitrogens with one attached hydrogen (secondary N) is 2. The number of hydrogen-bond acceptors (Lipinski definition) is 4. The number of halogens is 1. The summed E-state index contributed by atoms with van der Waals surface area (Å²) in [6, 6.07) is 0. The summed E-state index contributed by atoms with van der Waals surface area (Å²) in [5, 5.41) is 13.4. The summed E-state index contributed by atoms with van der Waals surface area (Å²) in [7, 11) is 0. The molecule has 0 bridgehead atoms. The maximum atomic E-state index is 11.4. The van der Waals surface area contributed by atoms with E-state index < -0.39 is 5.60 Å². The summed E-state index contributed by atoms with van der Waals surface area (Å²) >= 11 is 1.95. The molecule has 1 saturated carbocycles. The van der Waals surface area contributed by atoms with Crippen molar-refractivity contribution >= 4 is 28.4 Å². The normalized spacial score (nSPS) is 18.9. The molecule has 1 heterocycles. The minimum absolute atomic E-state index is 0.154. The molecule has 0 unspecified atom stereocenters. The zero-order valence-corrected chi connectivity index (χ0v) is 11.7. The maximum Gasteiger partial charge on any atom is 0.266 e. The second-order valence-corrected chi connectivity index (χ2v) is 5.61. The number of aromatic amines is 1. The van der Waals surface area contributed by atoms with Gasteiger partial charge in [-0.1, -0.05) is 19.3 Å². The zero-order chi connectivity index (χ0) is 12.3. The Labute approximate surface area is 113 Å². The minimum Gasteiger partial charge on any atom is -0.388 e. The first-order valence-corrected chi connectivity index (χ1v) is 6.88.